The fraction of sp³-hybridized carbons (Fsp3) is 0.562. The largest absolute Gasteiger partial charge is 0.468 e. The third kappa shape index (κ3) is 3.98. The van der Waals surface area contributed by atoms with E-state index in [0.717, 1.165) is 17.8 Å². The summed E-state index contributed by atoms with van der Waals surface area (Å²) in [5.74, 6) is -0.432. The van der Waals surface area contributed by atoms with Crippen LogP contribution in [0.2, 0.25) is 0 Å². The van der Waals surface area contributed by atoms with Gasteiger partial charge in [-0.3, -0.25) is 19.2 Å². The first kappa shape index (κ1) is 17.2. The lowest BCUT2D eigenvalue weighted by Gasteiger charge is -2.38. The van der Waals surface area contributed by atoms with E-state index in [0.29, 0.717) is 19.6 Å². The second-order valence-electron chi connectivity index (χ2n) is 5.73. The van der Waals surface area contributed by atoms with E-state index in [4.69, 9.17) is 0 Å². The molecular weight excluding hydrogens is 296 g/mol. The Balaban J connectivity index is 2.01. The van der Waals surface area contributed by atoms with Gasteiger partial charge in [0, 0.05) is 31.4 Å². The molecule has 0 aromatic carbocycles. The number of hydrogen-bond acceptors (Lipinski definition) is 5. The molecule has 1 atom stereocenters. The Morgan fingerprint density at radius 2 is 2.26 bits per heavy atom. The topological polar surface area (TPSA) is 67.7 Å². The molecule has 2 rings (SSSR count). The van der Waals surface area contributed by atoms with Crippen LogP contribution in [0.3, 0.4) is 0 Å². The molecule has 0 aliphatic carbocycles. The molecule has 2 heterocycles. The average Bonchev–Trinajstić information content (AvgIpc) is 2.86. The van der Waals surface area contributed by atoms with Gasteiger partial charge < -0.3 is 9.64 Å². The van der Waals surface area contributed by atoms with Crippen molar-refractivity contribution >= 4 is 11.9 Å². The zero-order valence-electron chi connectivity index (χ0n) is 14.0. The number of nitrogens with zero attached hydrogens (tertiary/aromatic N) is 4. The minimum Gasteiger partial charge on any atom is -0.468 e. The SMILES string of the molecule is C=CCn1cc(CN2CCN(CC(=O)OC)C(=O)[C@H]2C)c(C)n1. The summed E-state index contributed by atoms with van der Waals surface area (Å²) in [5.41, 5.74) is 2.07. The van der Waals surface area contributed by atoms with E-state index in [-0.39, 0.29) is 24.5 Å². The summed E-state index contributed by atoms with van der Waals surface area (Å²) in [6, 6.07) is -0.268. The number of piperazine rings is 1. The number of aryl methyl sites for hydroxylation is 1. The van der Waals surface area contributed by atoms with E-state index >= 15 is 0 Å². The summed E-state index contributed by atoms with van der Waals surface area (Å²) in [6.07, 6.45) is 3.79. The van der Waals surface area contributed by atoms with E-state index in [2.05, 4.69) is 21.3 Å². The number of rotatable bonds is 6. The number of methoxy groups -OCH3 is 1. The van der Waals surface area contributed by atoms with Gasteiger partial charge in [-0.05, 0) is 13.8 Å². The van der Waals surface area contributed by atoms with E-state index < -0.39 is 0 Å². The lowest BCUT2D eigenvalue weighted by atomic mass is 10.1. The van der Waals surface area contributed by atoms with Crippen molar-refractivity contribution < 1.29 is 14.3 Å². The summed E-state index contributed by atoms with van der Waals surface area (Å²) < 4.78 is 6.48. The molecule has 0 N–H and O–H groups in total. The number of carbonyl (C=O) groups is 2. The highest BCUT2D eigenvalue weighted by Crippen LogP contribution is 2.17. The van der Waals surface area contributed by atoms with Gasteiger partial charge in [-0.2, -0.15) is 5.10 Å². The second kappa shape index (κ2) is 7.41. The number of esters is 1. The maximum atomic E-state index is 12.4. The molecule has 0 saturated carbocycles. The number of aromatic nitrogens is 2. The molecule has 0 bridgehead atoms. The predicted molar refractivity (Wildman–Crippen MR) is 85.6 cm³/mol. The molecule has 0 radical (unpaired) electrons. The van der Waals surface area contributed by atoms with Gasteiger partial charge in [0.15, 0.2) is 0 Å². The highest BCUT2D eigenvalue weighted by atomic mass is 16.5. The molecule has 0 unspecified atom stereocenters. The highest BCUT2D eigenvalue weighted by Gasteiger charge is 2.32. The molecule has 1 amide bonds. The molecule has 1 saturated heterocycles. The molecule has 1 aliphatic rings. The molecule has 0 spiro atoms. The highest BCUT2D eigenvalue weighted by molar-refractivity contribution is 5.86. The van der Waals surface area contributed by atoms with E-state index in [1.165, 1.54) is 7.11 Å². The van der Waals surface area contributed by atoms with Crippen molar-refractivity contribution in [3.05, 3.63) is 30.1 Å². The quantitative estimate of drug-likeness (QED) is 0.567. The van der Waals surface area contributed by atoms with Gasteiger partial charge in [-0.1, -0.05) is 6.08 Å². The first-order chi connectivity index (χ1) is 11.0. The van der Waals surface area contributed by atoms with Crippen molar-refractivity contribution in [3.8, 4) is 0 Å². The van der Waals surface area contributed by atoms with Crippen LogP contribution in [0.25, 0.3) is 0 Å². The summed E-state index contributed by atoms with van der Waals surface area (Å²) in [5, 5.41) is 4.44. The Bertz CT molecular complexity index is 596. The van der Waals surface area contributed by atoms with Crippen LogP contribution in [-0.2, 0) is 27.4 Å². The van der Waals surface area contributed by atoms with Crippen LogP contribution in [-0.4, -0.2) is 64.2 Å². The van der Waals surface area contributed by atoms with E-state index in [1.54, 1.807) is 11.0 Å². The smallest absolute Gasteiger partial charge is 0.325 e. The average molecular weight is 320 g/mol. The number of hydrogen-bond donors (Lipinski definition) is 0. The van der Waals surface area contributed by atoms with Crippen LogP contribution in [0.15, 0.2) is 18.9 Å². The maximum absolute atomic E-state index is 12.4. The molecule has 1 aliphatic heterocycles. The van der Waals surface area contributed by atoms with Gasteiger partial charge in [0.1, 0.15) is 6.54 Å². The second-order valence-corrected chi connectivity index (χ2v) is 5.73. The molecule has 1 fully saturated rings. The Morgan fingerprint density at radius 3 is 2.91 bits per heavy atom. The number of carbonyl (C=O) groups excluding carboxylic acids is 2. The van der Waals surface area contributed by atoms with Gasteiger partial charge in [0.2, 0.25) is 5.91 Å². The van der Waals surface area contributed by atoms with Crippen LogP contribution < -0.4 is 0 Å². The van der Waals surface area contributed by atoms with Gasteiger partial charge in [-0.15, -0.1) is 6.58 Å². The van der Waals surface area contributed by atoms with Gasteiger partial charge in [-0.25, -0.2) is 0 Å². The fourth-order valence-corrected chi connectivity index (χ4v) is 2.73. The Hall–Kier alpha value is -2.15. The van der Waals surface area contributed by atoms with Crippen LogP contribution in [0.1, 0.15) is 18.2 Å². The maximum Gasteiger partial charge on any atom is 0.325 e. The van der Waals surface area contributed by atoms with Crippen molar-refractivity contribution in [2.24, 2.45) is 0 Å². The van der Waals surface area contributed by atoms with Crippen LogP contribution >= 0.6 is 0 Å². The minimum atomic E-state index is -0.388. The summed E-state index contributed by atoms with van der Waals surface area (Å²) in [6.45, 7) is 10.1. The normalized spacial score (nSPS) is 19.0. The lowest BCUT2D eigenvalue weighted by Crippen LogP contribution is -2.56. The molecule has 7 nitrogen and oxygen atoms in total. The molecule has 7 heteroatoms. The Labute approximate surface area is 136 Å². The predicted octanol–water partition coefficient (Wildman–Crippen LogP) is 0.583. The molecule has 1 aromatic heterocycles. The van der Waals surface area contributed by atoms with Gasteiger partial charge >= 0.3 is 5.97 Å². The summed E-state index contributed by atoms with van der Waals surface area (Å²) >= 11 is 0. The molecule has 23 heavy (non-hydrogen) atoms. The lowest BCUT2D eigenvalue weighted by molar-refractivity contribution is -0.151. The number of amides is 1. The van der Waals surface area contributed by atoms with Crippen molar-refractivity contribution in [2.75, 3.05) is 26.7 Å². The third-order valence-electron chi connectivity index (χ3n) is 4.16. The Kier molecular flexibility index (Phi) is 5.54. The van der Waals surface area contributed by atoms with E-state index in [9.17, 15) is 9.59 Å². The molecular formula is C16H24N4O3. The first-order valence-electron chi connectivity index (χ1n) is 7.69. The van der Waals surface area contributed by atoms with E-state index in [1.807, 2.05) is 24.7 Å². The van der Waals surface area contributed by atoms with Crippen molar-refractivity contribution in [1.82, 2.24) is 19.6 Å². The zero-order chi connectivity index (χ0) is 17.0. The van der Waals surface area contributed by atoms with Crippen LogP contribution in [0, 0.1) is 6.92 Å². The number of allylic oxidation sites excluding steroid dienone is 1. The first-order valence-corrected chi connectivity index (χ1v) is 7.69. The van der Waals surface area contributed by atoms with Crippen LogP contribution in [0.5, 0.6) is 0 Å². The van der Waals surface area contributed by atoms with Gasteiger partial charge in [0.25, 0.3) is 0 Å². The molecule has 1 aromatic rings. The third-order valence-corrected chi connectivity index (χ3v) is 4.16. The van der Waals surface area contributed by atoms with Crippen molar-refractivity contribution in [3.63, 3.8) is 0 Å². The zero-order valence-corrected chi connectivity index (χ0v) is 14.0. The van der Waals surface area contributed by atoms with Crippen molar-refractivity contribution in [2.45, 2.75) is 33.0 Å². The fourth-order valence-electron chi connectivity index (χ4n) is 2.73. The number of ether oxygens (including phenoxy) is 1. The minimum absolute atomic E-state index is 0.0177. The van der Waals surface area contributed by atoms with Crippen molar-refractivity contribution in [1.29, 1.82) is 0 Å². The summed E-state index contributed by atoms with van der Waals surface area (Å²) in [4.78, 5) is 27.4. The standard InChI is InChI=1S/C16H24N4O3/c1-5-6-20-10-14(12(2)17-20)9-18-7-8-19(11-15(21)23-4)16(22)13(18)3/h5,10,13H,1,6-9,11H2,2-4H3/t13-/m1/s1. The van der Waals surface area contributed by atoms with Crippen LogP contribution in [0.4, 0.5) is 0 Å². The monoisotopic (exact) mass is 320 g/mol. The Morgan fingerprint density at radius 1 is 1.52 bits per heavy atom. The molecule has 126 valence electrons. The van der Waals surface area contributed by atoms with Gasteiger partial charge in [0.05, 0.1) is 25.4 Å². The summed E-state index contributed by atoms with van der Waals surface area (Å²) in [7, 11) is 1.33.